The van der Waals surface area contributed by atoms with E-state index in [1.165, 1.54) is 18.2 Å². The van der Waals surface area contributed by atoms with Crippen LogP contribution in [0.2, 0.25) is 0 Å². The van der Waals surface area contributed by atoms with Gasteiger partial charge in [-0.1, -0.05) is 6.07 Å². The molecule has 1 aliphatic rings. The molecule has 0 radical (unpaired) electrons. The Balaban J connectivity index is 1.77. The molecule has 0 saturated carbocycles. The predicted octanol–water partition coefficient (Wildman–Crippen LogP) is 2.06. The van der Waals surface area contributed by atoms with E-state index in [0.29, 0.717) is 29.1 Å². The zero-order valence-corrected chi connectivity index (χ0v) is 13.2. The van der Waals surface area contributed by atoms with Crippen LogP contribution in [0.15, 0.2) is 36.5 Å². The number of hydrogen-bond acceptors (Lipinski definition) is 4. The molecule has 0 unspecified atom stereocenters. The first-order chi connectivity index (χ1) is 12.2. The number of carbonyl (C=O) groups excluding carboxylic acids is 1. The topological polar surface area (TPSA) is 90.9 Å². The number of hydrogen-bond donors (Lipinski definition) is 3. The highest BCUT2D eigenvalue weighted by Crippen LogP contribution is 2.26. The Morgan fingerprint density at radius 3 is 2.88 bits per heavy atom. The highest BCUT2D eigenvalue weighted by atomic mass is 19.1. The molecule has 0 atom stereocenters. The molecule has 1 amide bonds. The molecule has 0 fully saturated rings. The lowest BCUT2D eigenvalue weighted by Crippen LogP contribution is -2.31. The molecule has 3 aromatic rings. The molecule has 0 saturated heterocycles. The van der Waals surface area contributed by atoms with Crippen LogP contribution in [-0.4, -0.2) is 32.5 Å². The Kier molecular flexibility index (Phi) is 3.77. The zero-order chi connectivity index (χ0) is 17.4. The Morgan fingerprint density at radius 2 is 2.08 bits per heavy atom. The Bertz CT molecular complexity index is 967. The Hall–Kier alpha value is -3.06. The summed E-state index contributed by atoms with van der Waals surface area (Å²) >= 11 is 0. The normalized spacial score (nSPS) is 13.4. The van der Waals surface area contributed by atoms with Gasteiger partial charge in [0.15, 0.2) is 5.82 Å². The van der Waals surface area contributed by atoms with Gasteiger partial charge in [0.2, 0.25) is 0 Å². The quantitative estimate of drug-likeness (QED) is 0.682. The minimum absolute atomic E-state index is 0.111. The lowest BCUT2D eigenvalue weighted by atomic mass is 10.1. The fourth-order valence-corrected chi connectivity index (χ4v) is 2.91. The van der Waals surface area contributed by atoms with Gasteiger partial charge in [-0.15, -0.1) is 0 Å². The van der Waals surface area contributed by atoms with Gasteiger partial charge >= 0.3 is 0 Å². The highest BCUT2D eigenvalue weighted by Gasteiger charge is 2.20. The molecule has 4 rings (SSSR count). The first kappa shape index (κ1) is 15.5. The van der Waals surface area contributed by atoms with Crippen molar-refractivity contribution in [2.75, 3.05) is 6.54 Å². The van der Waals surface area contributed by atoms with Crippen molar-refractivity contribution in [3.8, 4) is 22.8 Å². The third-order valence-corrected chi connectivity index (χ3v) is 4.19. The molecule has 2 aromatic heterocycles. The van der Waals surface area contributed by atoms with Crippen LogP contribution in [0.1, 0.15) is 21.6 Å². The van der Waals surface area contributed by atoms with Crippen LogP contribution in [0.25, 0.3) is 22.8 Å². The van der Waals surface area contributed by atoms with Crippen molar-refractivity contribution in [2.45, 2.75) is 13.0 Å². The number of rotatable bonds is 3. The second-order valence-electron chi connectivity index (χ2n) is 5.82. The number of H-pyrrole nitrogens is 1. The van der Waals surface area contributed by atoms with E-state index >= 15 is 0 Å². The van der Waals surface area contributed by atoms with Gasteiger partial charge < -0.3 is 15.4 Å². The van der Waals surface area contributed by atoms with Gasteiger partial charge in [-0.2, -0.15) is 0 Å². The molecule has 1 aromatic carbocycles. The van der Waals surface area contributed by atoms with Crippen molar-refractivity contribution in [3.05, 3.63) is 59.2 Å². The van der Waals surface area contributed by atoms with Crippen molar-refractivity contribution >= 4 is 5.91 Å². The number of carbonyl (C=O) groups is 1. The fourth-order valence-electron chi connectivity index (χ4n) is 2.91. The van der Waals surface area contributed by atoms with Crippen molar-refractivity contribution in [1.29, 1.82) is 0 Å². The molecule has 7 heteroatoms. The van der Waals surface area contributed by atoms with Crippen molar-refractivity contribution in [2.24, 2.45) is 0 Å². The van der Waals surface area contributed by atoms with Gasteiger partial charge in [0, 0.05) is 24.9 Å². The third kappa shape index (κ3) is 2.78. The summed E-state index contributed by atoms with van der Waals surface area (Å²) in [5.74, 6) is -0.346. The molecule has 126 valence electrons. The number of fused-ring (bicyclic) bond motifs is 1. The molecule has 25 heavy (non-hydrogen) atoms. The van der Waals surface area contributed by atoms with Crippen molar-refractivity contribution < 1.29 is 14.3 Å². The second-order valence-corrected chi connectivity index (χ2v) is 5.82. The van der Waals surface area contributed by atoms with Crippen molar-refractivity contribution in [3.63, 3.8) is 0 Å². The standard InChI is InChI=1S/C18H15FN4O2/c19-13-2-1-10(9-24)7-11(13)17-20-5-4-15(23-17)16-8-12-14(22-16)3-6-21-18(12)25/h1-2,4-5,7-8,22,24H,3,6,9H2,(H,21,25). The van der Waals surface area contributed by atoms with E-state index in [4.69, 9.17) is 0 Å². The molecule has 0 aliphatic carbocycles. The lowest BCUT2D eigenvalue weighted by Gasteiger charge is -2.10. The van der Waals surface area contributed by atoms with Crippen LogP contribution in [0.5, 0.6) is 0 Å². The predicted molar refractivity (Wildman–Crippen MR) is 89.2 cm³/mol. The molecule has 0 bridgehead atoms. The summed E-state index contributed by atoms with van der Waals surface area (Å²) in [7, 11) is 0. The summed E-state index contributed by atoms with van der Waals surface area (Å²) in [6.07, 6.45) is 2.27. The number of aliphatic hydroxyl groups is 1. The van der Waals surface area contributed by atoms with Crippen LogP contribution in [-0.2, 0) is 13.0 Å². The molecular weight excluding hydrogens is 323 g/mol. The minimum Gasteiger partial charge on any atom is -0.392 e. The summed E-state index contributed by atoms with van der Waals surface area (Å²) in [4.78, 5) is 23.7. The number of nitrogens with one attached hydrogen (secondary N) is 2. The highest BCUT2D eigenvalue weighted by molar-refractivity contribution is 5.97. The van der Waals surface area contributed by atoms with Crippen LogP contribution in [0.3, 0.4) is 0 Å². The summed E-state index contributed by atoms with van der Waals surface area (Å²) in [6.45, 7) is 0.408. The Labute approximate surface area is 142 Å². The summed E-state index contributed by atoms with van der Waals surface area (Å²) in [5, 5.41) is 12.0. The average molecular weight is 338 g/mol. The number of nitrogens with zero attached hydrogens (tertiary/aromatic N) is 2. The van der Waals surface area contributed by atoms with Crippen LogP contribution in [0.4, 0.5) is 4.39 Å². The molecular formula is C18H15FN4O2. The number of amides is 1. The van der Waals surface area contributed by atoms with Crippen LogP contribution < -0.4 is 5.32 Å². The first-order valence-corrected chi connectivity index (χ1v) is 7.89. The van der Waals surface area contributed by atoms with E-state index in [2.05, 4.69) is 20.3 Å². The van der Waals surface area contributed by atoms with Gasteiger partial charge in [-0.3, -0.25) is 4.79 Å². The smallest absolute Gasteiger partial charge is 0.253 e. The second kappa shape index (κ2) is 6.10. The van der Waals surface area contributed by atoms with Gasteiger partial charge in [0.05, 0.1) is 29.1 Å². The third-order valence-electron chi connectivity index (χ3n) is 4.19. The van der Waals surface area contributed by atoms with Crippen LogP contribution >= 0.6 is 0 Å². The van der Waals surface area contributed by atoms with Gasteiger partial charge in [-0.25, -0.2) is 14.4 Å². The SMILES string of the molecule is O=C1NCCc2[nH]c(-c3ccnc(-c4cc(CO)ccc4F)n3)cc21. The molecule has 3 heterocycles. The molecule has 3 N–H and O–H groups in total. The maximum absolute atomic E-state index is 14.1. The Morgan fingerprint density at radius 1 is 1.20 bits per heavy atom. The lowest BCUT2D eigenvalue weighted by molar-refractivity contribution is 0.0946. The van der Waals surface area contributed by atoms with E-state index in [9.17, 15) is 14.3 Å². The number of aromatic amines is 1. The van der Waals surface area contributed by atoms with E-state index in [1.54, 1.807) is 18.3 Å². The minimum atomic E-state index is -0.459. The maximum Gasteiger partial charge on any atom is 0.253 e. The van der Waals surface area contributed by atoms with Crippen LogP contribution in [0, 0.1) is 5.82 Å². The van der Waals surface area contributed by atoms with Gasteiger partial charge in [0.25, 0.3) is 5.91 Å². The van der Waals surface area contributed by atoms with E-state index in [-0.39, 0.29) is 23.9 Å². The molecule has 1 aliphatic heterocycles. The average Bonchev–Trinajstić information content (AvgIpc) is 3.08. The monoisotopic (exact) mass is 338 g/mol. The van der Waals surface area contributed by atoms with Gasteiger partial charge in [-0.05, 0) is 29.8 Å². The zero-order valence-electron chi connectivity index (χ0n) is 13.2. The molecule has 6 nitrogen and oxygen atoms in total. The van der Waals surface area contributed by atoms with E-state index in [0.717, 1.165) is 12.1 Å². The van der Waals surface area contributed by atoms with E-state index < -0.39 is 5.82 Å². The summed E-state index contributed by atoms with van der Waals surface area (Å²) in [5.41, 5.74) is 3.53. The summed E-state index contributed by atoms with van der Waals surface area (Å²) in [6, 6.07) is 7.78. The van der Waals surface area contributed by atoms with Crippen molar-refractivity contribution in [1.82, 2.24) is 20.3 Å². The molecule has 0 spiro atoms. The fraction of sp³-hybridized carbons (Fsp3) is 0.167. The number of halogens is 1. The largest absolute Gasteiger partial charge is 0.392 e. The first-order valence-electron chi connectivity index (χ1n) is 7.89. The van der Waals surface area contributed by atoms with Gasteiger partial charge in [0.1, 0.15) is 5.82 Å². The summed E-state index contributed by atoms with van der Waals surface area (Å²) < 4.78 is 14.1. The number of aromatic nitrogens is 3. The van der Waals surface area contributed by atoms with E-state index in [1.807, 2.05) is 0 Å². The maximum atomic E-state index is 14.1. The number of aliphatic hydroxyl groups excluding tert-OH is 1. The number of benzene rings is 1.